The second-order valence-electron chi connectivity index (χ2n) is 3.51. The van der Waals surface area contributed by atoms with Crippen molar-refractivity contribution in [1.82, 2.24) is 15.0 Å². The summed E-state index contributed by atoms with van der Waals surface area (Å²) in [6.45, 7) is 2.10. The zero-order valence-electron chi connectivity index (χ0n) is 9.17. The molecule has 2 rings (SSSR count). The Morgan fingerprint density at radius 2 is 2.41 bits per heavy atom. The minimum atomic E-state index is -0.433. The highest BCUT2D eigenvalue weighted by atomic mass is 16.6. The molecule has 0 saturated heterocycles. The number of hydrogen-bond acceptors (Lipinski definition) is 5. The second-order valence-corrected chi connectivity index (χ2v) is 3.51. The van der Waals surface area contributed by atoms with Gasteiger partial charge in [0.2, 0.25) is 5.82 Å². The fourth-order valence-corrected chi connectivity index (χ4v) is 1.47. The molecule has 0 fully saturated rings. The molecule has 0 aliphatic carbocycles. The van der Waals surface area contributed by atoms with Crippen LogP contribution in [0.2, 0.25) is 0 Å². The molecule has 0 unspecified atom stereocenters. The van der Waals surface area contributed by atoms with Gasteiger partial charge in [0, 0.05) is 18.0 Å². The van der Waals surface area contributed by atoms with E-state index >= 15 is 0 Å². The van der Waals surface area contributed by atoms with Gasteiger partial charge < -0.3 is 10.3 Å². The Bertz CT molecular complexity index is 523. The summed E-state index contributed by atoms with van der Waals surface area (Å²) in [4.78, 5) is 21.2. The summed E-state index contributed by atoms with van der Waals surface area (Å²) in [7, 11) is 0. The molecule has 0 atom stereocenters. The summed E-state index contributed by atoms with van der Waals surface area (Å²) < 4.78 is 0. The molecule has 2 N–H and O–H groups in total. The average Bonchev–Trinajstić information content (AvgIpc) is 2.78. The molecule has 7 heteroatoms. The highest BCUT2D eigenvalue weighted by molar-refractivity contribution is 5.59. The van der Waals surface area contributed by atoms with Crippen molar-refractivity contribution >= 4 is 11.5 Å². The Morgan fingerprint density at radius 3 is 3.06 bits per heavy atom. The first-order valence-corrected chi connectivity index (χ1v) is 4.99. The van der Waals surface area contributed by atoms with Crippen molar-refractivity contribution in [3.05, 3.63) is 46.2 Å². The van der Waals surface area contributed by atoms with Crippen LogP contribution < -0.4 is 5.32 Å². The number of nitro groups is 1. The van der Waals surface area contributed by atoms with Crippen LogP contribution in [0.15, 0.2) is 24.8 Å². The molecule has 2 aromatic rings. The van der Waals surface area contributed by atoms with Gasteiger partial charge >= 0.3 is 5.69 Å². The molecular formula is C10H11N5O2. The normalized spacial score (nSPS) is 10.2. The first-order valence-electron chi connectivity index (χ1n) is 4.99. The largest absolute Gasteiger partial charge is 0.359 e. The molecule has 88 valence electrons. The molecule has 2 heterocycles. The molecule has 0 aliphatic rings. The number of anilines is 1. The van der Waals surface area contributed by atoms with E-state index < -0.39 is 4.92 Å². The van der Waals surface area contributed by atoms with Gasteiger partial charge in [0.05, 0.1) is 23.5 Å². The summed E-state index contributed by atoms with van der Waals surface area (Å²) in [5.74, 6) is 0.268. The number of rotatable bonds is 4. The molecule has 0 amide bonds. The van der Waals surface area contributed by atoms with E-state index in [2.05, 4.69) is 20.3 Å². The SMILES string of the molecule is Cc1ccnc(NCc2cnc[nH]2)c1[N+](=O)[O-]. The van der Waals surface area contributed by atoms with Crippen LogP contribution in [0.25, 0.3) is 0 Å². The van der Waals surface area contributed by atoms with Crippen LogP contribution >= 0.6 is 0 Å². The zero-order valence-corrected chi connectivity index (χ0v) is 9.17. The van der Waals surface area contributed by atoms with Gasteiger partial charge in [0.1, 0.15) is 0 Å². The quantitative estimate of drug-likeness (QED) is 0.618. The van der Waals surface area contributed by atoms with Crippen molar-refractivity contribution in [2.24, 2.45) is 0 Å². The first-order chi connectivity index (χ1) is 8.18. The van der Waals surface area contributed by atoms with Crippen molar-refractivity contribution in [3.63, 3.8) is 0 Å². The molecular weight excluding hydrogens is 222 g/mol. The Hall–Kier alpha value is -2.44. The first kappa shape index (κ1) is 11.1. The predicted octanol–water partition coefficient (Wildman–Crippen LogP) is 1.63. The maximum Gasteiger partial charge on any atom is 0.314 e. The van der Waals surface area contributed by atoms with Crippen LogP contribution in [0.5, 0.6) is 0 Å². The molecule has 17 heavy (non-hydrogen) atoms. The lowest BCUT2D eigenvalue weighted by atomic mass is 10.2. The van der Waals surface area contributed by atoms with E-state index in [1.54, 1.807) is 25.5 Å². The lowest BCUT2D eigenvalue weighted by Crippen LogP contribution is -2.05. The fraction of sp³-hybridized carbons (Fsp3) is 0.200. The van der Waals surface area contributed by atoms with Gasteiger partial charge in [-0.05, 0) is 13.0 Å². The van der Waals surface area contributed by atoms with Gasteiger partial charge in [-0.3, -0.25) is 10.1 Å². The number of aromatic nitrogens is 3. The van der Waals surface area contributed by atoms with Crippen molar-refractivity contribution in [2.45, 2.75) is 13.5 Å². The molecule has 0 saturated carbocycles. The van der Waals surface area contributed by atoms with E-state index in [9.17, 15) is 10.1 Å². The van der Waals surface area contributed by atoms with Gasteiger partial charge in [0.15, 0.2) is 0 Å². The minimum absolute atomic E-state index is 0.00650. The van der Waals surface area contributed by atoms with Crippen LogP contribution in [0.3, 0.4) is 0 Å². The zero-order chi connectivity index (χ0) is 12.3. The van der Waals surface area contributed by atoms with Crippen molar-refractivity contribution in [3.8, 4) is 0 Å². The van der Waals surface area contributed by atoms with Gasteiger partial charge in [-0.1, -0.05) is 0 Å². The molecule has 0 spiro atoms. The number of hydrogen-bond donors (Lipinski definition) is 2. The summed E-state index contributed by atoms with van der Waals surface area (Å²) in [5, 5.41) is 13.8. The third kappa shape index (κ3) is 2.39. The monoisotopic (exact) mass is 233 g/mol. The van der Waals surface area contributed by atoms with E-state index in [1.807, 2.05) is 0 Å². The Labute approximate surface area is 97.1 Å². The third-order valence-corrected chi connectivity index (χ3v) is 2.31. The van der Waals surface area contributed by atoms with E-state index in [4.69, 9.17) is 0 Å². The Kier molecular flexibility index (Phi) is 2.99. The lowest BCUT2D eigenvalue weighted by molar-refractivity contribution is -0.384. The lowest BCUT2D eigenvalue weighted by Gasteiger charge is -2.05. The van der Waals surface area contributed by atoms with Gasteiger partial charge in [-0.2, -0.15) is 0 Å². The maximum atomic E-state index is 10.9. The molecule has 7 nitrogen and oxygen atoms in total. The Morgan fingerprint density at radius 1 is 1.59 bits per heavy atom. The third-order valence-electron chi connectivity index (χ3n) is 2.31. The number of imidazole rings is 1. The minimum Gasteiger partial charge on any atom is -0.359 e. The van der Waals surface area contributed by atoms with Crippen LogP contribution in [0.1, 0.15) is 11.3 Å². The summed E-state index contributed by atoms with van der Waals surface area (Å²) in [5.41, 5.74) is 1.42. The highest BCUT2D eigenvalue weighted by Crippen LogP contribution is 2.25. The average molecular weight is 233 g/mol. The highest BCUT2D eigenvalue weighted by Gasteiger charge is 2.17. The van der Waals surface area contributed by atoms with Crippen LogP contribution in [0.4, 0.5) is 11.5 Å². The molecule has 2 aromatic heterocycles. The van der Waals surface area contributed by atoms with Gasteiger partial charge in [0.25, 0.3) is 0 Å². The topological polar surface area (TPSA) is 96.7 Å². The standard InChI is InChI=1S/C10H11N5O2/c1-7-2-3-12-10(9(7)15(16)17)13-5-8-4-11-6-14-8/h2-4,6H,5H2,1H3,(H,11,14)(H,12,13). The van der Waals surface area contributed by atoms with Crippen LogP contribution in [-0.2, 0) is 6.54 Å². The van der Waals surface area contributed by atoms with E-state index in [-0.39, 0.29) is 11.5 Å². The maximum absolute atomic E-state index is 10.9. The van der Waals surface area contributed by atoms with E-state index in [1.165, 1.54) is 6.20 Å². The summed E-state index contributed by atoms with van der Waals surface area (Å²) in [6, 6.07) is 1.61. The summed E-state index contributed by atoms with van der Waals surface area (Å²) >= 11 is 0. The number of H-pyrrole nitrogens is 1. The van der Waals surface area contributed by atoms with Crippen molar-refractivity contribution in [1.29, 1.82) is 0 Å². The number of nitrogens with one attached hydrogen (secondary N) is 2. The van der Waals surface area contributed by atoms with Crippen LogP contribution in [0, 0.1) is 17.0 Å². The number of aryl methyl sites for hydroxylation is 1. The number of pyridine rings is 1. The van der Waals surface area contributed by atoms with E-state index in [0.717, 1.165) is 5.69 Å². The molecule has 0 bridgehead atoms. The fourth-order valence-electron chi connectivity index (χ4n) is 1.47. The molecule has 0 aliphatic heterocycles. The molecule has 0 radical (unpaired) electrons. The number of aromatic amines is 1. The predicted molar refractivity (Wildman–Crippen MR) is 61.5 cm³/mol. The van der Waals surface area contributed by atoms with Crippen molar-refractivity contribution < 1.29 is 4.92 Å². The van der Waals surface area contributed by atoms with Crippen LogP contribution in [-0.4, -0.2) is 19.9 Å². The summed E-state index contributed by atoms with van der Waals surface area (Å²) in [6.07, 6.45) is 4.74. The Balaban J connectivity index is 2.21. The van der Waals surface area contributed by atoms with Gasteiger partial charge in [-0.15, -0.1) is 0 Å². The van der Waals surface area contributed by atoms with Crippen molar-refractivity contribution in [2.75, 3.05) is 5.32 Å². The van der Waals surface area contributed by atoms with Gasteiger partial charge in [-0.25, -0.2) is 9.97 Å². The second kappa shape index (κ2) is 4.60. The smallest absolute Gasteiger partial charge is 0.314 e. The van der Waals surface area contributed by atoms with E-state index in [0.29, 0.717) is 12.1 Å². The number of nitrogens with zero attached hydrogens (tertiary/aromatic N) is 3. The molecule has 0 aromatic carbocycles.